The lowest BCUT2D eigenvalue weighted by molar-refractivity contribution is 0.245. The van der Waals surface area contributed by atoms with Crippen molar-refractivity contribution in [3.05, 3.63) is 64.7 Å². The molecule has 0 spiro atoms. The number of benzene rings is 2. The molecule has 0 radical (unpaired) electrons. The molecule has 2 aromatic carbocycles. The summed E-state index contributed by atoms with van der Waals surface area (Å²) in [6, 6.07) is 17.3. The first-order chi connectivity index (χ1) is 10.3. The quantitative estimate of drug-likeness (QED) is 0.897. The van der Waals surface area contributed by atoms with Gasteiger partial charge in [-0.05, 0) is 41.7 Å². The minimum absolute atomic E-state index is 0.285. The zero-order chi connectivity index (χ0) is 14.3. The first-order valence-corrected chi connectivity index (χ1v) is 8.82. The molecule has 2 aromatic rings. The van der Waals surface area contributed by atoms with Gasteiger partial charge in [0.25, 0.3) is 0 Å². The molecule has 21 heavy (non-hydrogen) atoms. The third kappa shape index (κ3) is 2.40. The molecular formula is C18H18ClNS. The zero-order valence-electron chi connectivity index (χ0n) is 11.8. The predicted molar refractivity (Wildman–Crippen MR) is 90.5 cm³/mol. The summed E-state index contributed by atoms with van der Waals surface area (Å²) in [4.78, 5) is 1.47. The van der Waals surface area contributed by atoms with Crippen LogP contribution in [0.2, 0.25) is 5.02 Å². The van der Waals surface area contributed by atoms with E-state index in [0.29, 0.717) is 5.92 Å². The second-order valence-corrected chi connectivity index (χ2v) is 7.64. The fraction of sp³-hybridized carbons (Fsp3) is 0.333. The minimum Gasteiger partial charge on any atom is -0.315 e. The van der Waals surface area contributed by atoms with Gasteiger partial charge in [0.15, 0.2) is 0 Å². The Bertz CT molecular complexity index is 649. The average Bonchev–Trinajstić information content (AvgIpc) is 2.87. The Kier molecular flexibility index (Phi) is 3.49. The number of nitrogens with one attached hydrogen (secondary N) is 1. The van der Waals surface area contributed by atoms with Crippen LogP contribution in [0.3, 0.4) is 0 Å². The van der Waals surface area contributed by atoms with Crippen molar-refractivity contribution in [1.82, 2.24) is 5.32 Å². The van der Waals surface area contributed by atoms with Crippen molar-refractivity contribution >= 4 is 23.4 Å². The summed E-state index contributed by atoms with van der Waals surface area (Å²) in [6.45, 7) is 2.16. The van der Waals surface area contributed by atoms with Crippen LogP contribution in [-0.4, -0.2) is 18.8 Å². The fourth-order valence-corrected chi connectivity index (χ4v) is 4.95. The molecule has 1 saturated heterocycles. The Balaban J connectivity index is 1.62. The summed E-state index contributed by atoms with van der Waals surface area (Å²) >= 11 is 8.05. The SMILES string of the molecule is Clc1ccc(C2(CC3CSc4ccccc43)CNC2)cc1. The molecule has 2 aliphatic rings. The van der Waals surface area contributed by atoms with Gasteiger partial charge in [-0.25, -0.2) is 0 Å². The van der Waals surface area contributed by atoms with Gasteiger partial charge < -0.3 is 5.32 Å². The monoisotopic (exact) mass is 315 g/mol. The Labute approximate surface area is 135 Å². The number of rotatable bonds is 3. The lowest BCUT2D eigenvalue weighted by atomic mass is 9.69. The van der Waals surface area contributed by atoms with Gasteiger partial charge in [-0.2, -0.15) is 0 Å². The van der Waals surface area contributed by atoms with Crippen molar-refractivity contribution in [1.29, 1.82) is 0 Å². The van der Waals surface area contributed by atoms with E-state index < -0.39 is 0 Å². The van der Waals surface area contributed by atoms with E-state index in [1.54, 1.807) is 5.56 Å². The van der Waals surface area contributed by atoms with Gasteiger partial charge in [0.2, 0.25) is 0 Å². The molecular weight excluding hydrogens is 298 g/mol. The highest BCUT2D eigenvalue weighted by atomic mass is 35.5. The van der Waals surface area contributed by atoms with Gasteiger partial charge in [-0.3, -0.25) is 0 Å². The number of halogens is 1. The van der Waals surface area contributed by atoms with Gasteiger partial charge in [-0.1, -0.05) is 41.9 Å². The van der Waals surface area contributed by atoms with E-state index in [0.717, 1.165) is 18.1 Å². The molecule has 1 unspecified atom stereocenters. The predicted octanol–water partition coefficient (Wildman–Crippen LogP) is 4.46. The van der Waals surface area contributed by atoms with Gasteiger partial charge in [0.1, 0.15) is 0 Å². The smallest absolute Gasteiger partial charge is 0.0406 e. The van der Waals surface area contributed by atoms with Crippen molar-refractivity contribution in [2.45, 2.75) is 22.6 Å². The van der Waals surface area contributed by atoms with E-state index >= 15 is 0 Å². The second-order valence-electron chi connectivity index (χ2n) is 6.14. The highest BCUT2D eigenvalue weighted by Crippen LogP contribution is 2.46. The normalized spacial score (nSPS) is 22.6. The minimum atomic E-state index is 0.285. The van der Waals surface area contributed by atoms with Gasteiger partial charge in [-0.15, -0.1) is 11.8 Å². The molecule has 0 saturated carbocycles. The molecule has 1 nitrogen and oxygen atoms in total. The van der Waals surface area contributed by atoms with Crippen LogP contribution in [0.1, 0.15) is 23.5 Å². The maximum absolute atomic E-state index is 6.04. The highest BCUT2D eigenvalue weighted by molar-refractivity contribution is 7.99. The highest BCUT2D eigenvalue weighted by Gasteiger charge is 2.42. The number of thioether (sulfide) groups is 1. The van der Waals surface area contributed by atoms with Gasteiger partial charge >= 0.3 is 0 Å². The number of fused-ring (bicyclic) bond motifs is 1. The van der Waals surface area contributed by atoms with Crippen LogP contribution >= 0.6 is 23.4 Å². The van der Waals surface area contributed by atoms with Crippen molar-refractivity contribution < 1.29 is 0 Å². The number of hydrogen-bond acceptors (Lipinski definition) is 2. The maximum atomic E-state index is 6.04. The molecule has 1 N–H and O–H groups in total. The molecule has 0 aromatic heterocycles. The lowest BCUT2D eigenvalue weighted by Gasteiger charge is -2.45. The molecule has 0 aliphatic carbocycles. The van der Waals surface area contributed by atoms with Crippen molar-refractivity contribution in [2.75, 3.05) is 18.8 Å². The van der Waals surface area contributed by atoms with E-state index in [2.05, 4.69) is 41.7 Å². The zero-order valence-corrected chi connectivity index (χ0v) is 13.4. The Morgan fingerprint density at radius 3 is 2.57 bits per heavy atom. The first-order valence-electron chi connectivity index (χ1n) is 7.45. The molecule has 4 rings (SSSR count). The van der Waals surface area contributed by atoms with Crippen LogP contribution < -0.4 is 5.32 Å². The van der Waals surface area contributed by atoms with E-state index in [4.69, 9.17) is 11.6 Å². The lowest BCUT2D eigenvalue weighted by Crippen LogP contribution is -2.57. The average molecular weight is 316 g/mol. The molecule has 1 fully saturated rings. The Morgan fingerprint density at radius 1 is 1.10 bits per heavy atom. The van der Waals surface area contributed by atoms with Crippen LogP contribution in [0.4, 0.5) is 0 Å². The maximum Gasteiger partial charge on any atom is 0.0406 e. The Morgan fingerprint density at radius 2 is 1.86 bits per heavy atom. The van der Waals surface area contributed by atoms with Crippen LogP contribution in [-0.2, 0) is 5.41 Å². The molecule has 0 bridgehead atoms. The van der Waals surface area contributed by atoms with Crippen molar-refractivity contribution in [3.8, 4) is 0 Å². The Hall–Kier alpha value is -0.960. The molecule has 2 heterocycles. The summed E-state index contributed by atoms with van der Waals surface area (Å²) in [5, 5.41) is 4.30. The molecule has 1 atom stereocenters. The van der Waals surface area contributed by atoms with E-state index in [1.165, 1.54) is 22.6 Å². The summed E-state index contributed by atoms with van der Waals surface area (Å²) in [5.41, 5.74) is 3.26. The summed E-state index contributed by atoms with van der Waals surface area (Å²) in [7, 11) is 0. The summed E-state index contributed by atoms with van der Waals surface area (Å²) in [6.07, 6.45) is 1.23. The summed E-state index contributed by atoms with van der Waals surface area (Å²) in [5.74, 6) is 1.89. The number of hydrogen-bond donors (Lipinski definition) is 1. The van der Waals surface area contributed by atoms with E-state index in [9.17, 15) is 0 Å². The standard InChI is InChI=1S/C18H18ClNS/c19-15-7-5-14(6-8-15)18(11-20-12-18)9-13-10-21-17-4-2-1-3-16(13)17/h1-8,13,20H,9-12H2. The first kappa shape index (κ1) is 13.7. The topological polar surface area (TPSA) is 12.0 Å². The molecule has 108 valence electrons. The summed E-state index contributed by atoms with van der Waals surface area (Å²) < 4.78 is 0. The van der Waals surface area contributed by atoms with Crippen LogP contribution in [0.15, 0.2) is 53.4 Å². The second kappa shape index (κ2) is 5.35. The van der Waals surface area contributed by atoms with Crippen LogP contribution in [0.5, 0.6) is 0 Å². The molecule has 0 amide bonds. The third-order valence-electron chi connectivity index (χ3n) is 4.82. The molecule has 3 heteroatoms. The van der Waals surface area contributed by atoms with Crippen molar-refractivity contribution in [2.24, 2.45) is 0 Å². The van der Waals surface area contributed by atoms with E-state index in [-0.39, 0.29) is 5.41 Å². The molecule has 2 aliphatic heterocycles. The van der Waals surface area contributed by atoms with Gasteiger partial charge in [0, 0.05) is 34.2 Å². The van der Waals surface area contributed by atoms with Crippen LogP contribution in [0, 0.1) is 0 Å². The van der Waals surface area contributed by atoms with Crippen LogP contribution in [0.25, 0.3) is 0 Å². The fourth-order valence-electron chi connectivity index (χ4n) is 3.57. The largest absolute Gasteiger partial charge is 0.315 e. The van der Waals surface area contributed by atoms with E-state index in [1.807, 2.05) is 23.9 Å². The van der Waals surface area contributed by atoms with Gasteiger partial charge in [0.05, 0.1) is 0 Å². The van der Waals surface area contributed by atoms with Crippen molar-refractivity contribution in [3.63, 3.8) is 0 Å². The third-order valence-corrected chi connectivity index (χ3v) is 6.32.